The summed E-state index contributed by atoms with van der Waals surface area (Å²) in [6.07, 6.45) is 10.8. The summed E-state index contributed by atoms with van der Waals surface area (Å²) >= 11 is 0. The predicted molar refractivity (Wildman–Crippen MR) is 162 cm³/mol. The number of aryl methyl sites for hydroxylation is 2. The van der Waals surface area contributed by atoms with Crippen molar-refractivity contribution in [2.45, 2.75) is 84.8 Å². The number of rotatable bonds is 12. The highest BCUT2D eigenvalue weighted by molar-refractivity contribution is 7.97. The molecule has 4 aromatic carbocycles. The van der Waals surface area contributed by atoms with E-state index in [1.807, 2.05) is 6.92 Å². The van der Waals surface area contributed by atoms with Crippen molar-refractivity contribution in [2.24, 2.45) is 0 Å². The quantitative estimate of drug-likeness (QED) is 0.0987. The van der Waals surface area contributed by atoms with Crippen molar-refractivity contribution in [3.63, 3.8) is 0 Å². The summed E-state index contributed by atoms with van der Waals surface area (Å²) in [6, 6.07) is 37.0. The highest BCUT2D eigenvalue weighted by atomic mass is 32.2. The zero-order valence-corrected chi connectivity index (χ0v) is 24.7. The van der Waals surface area contributed by atoms with Crippen molar-refractivity contribution in [2.75, 3.05) is 0 Å². The molecule has 0 amide bonds. The van der Waals surface area contributed by atoms with Crippen LogP contribution in [0.2, 0.25) is 0 Å². The van der Waals surface area contributed by atoms with Gasteiger partial charge in [-0.1, -0.05) is 112 Å². The molecule has 0 unspecified atom stereocenters. The summed E-state index contributed by atoms with van der Waals surface area (Å²) in [5.41, 5.74) is 2.40. The molecule has 5 heteroatoms. The number of hydrogen-bond acceptors (Lipinski definition) is 3. The van der Waals surface area contributed by atoms with Crippen molar-refractivity contribution >= 4 is 21.0 Å². The third-order valence-corrected chi connectivity index (χ3v) is 9.58. The van der Waals surface area contributed by atoms with Crippen LogP contribution in [0.1, 0.15) is 63.0 Å². The zero-order valence-electron chi connectivity index (χ0n) is 23.1. The van der Waals surface area contributed by atoms with Gasteiger partial charge >= 0.3 is 0 Å². The van der Waals surface area contributed by atoms with Gasteiger partial charge in [0.25, 0.3) is 0 Å². The summed E-state index contributed by atoms with van der Waals surface area (Å²) in [5.74, 6) is 0. The van der Waals surface area contributed by atoms with E-state index in [4.69, 9.17) is 0 Å². The van der Waals surface area contributed by atoms with E-state index in [1.54, 1.807) is 12.1 Å². The highest BCUT2D eigenvalue weighted by Crippen LogP contribution is 2.31. The normalized spacial score (nSPS) is 11.2. The van der Waals surface area contributed by atoms with Gasteiger partial charge < -0.3 is 4.55 Å². The molecule has 0 fully saturated rings. The second-order valence-electron chi connectivity index (χ2n) is 9.71. The molecule has 0 aliphatic rings. The average molecular weight is 561 g/mol. The Morgan fingerprint density at radius 1 is 0.590 bits per heavy atom. The molecule has 0 bridgehead atoms. The Bertz CT molecular complexity index is 1280. The lowest BCUT2D eigenvalue weighted by Crippen LogP contribution is -2.04. The molecule has 0 saturated heterocycles. The van der Waals surface area contributed by atoms with Crippen LogP contribution >= 0.6 is 0 Å². The highest BCUT2D eigenvalue weighted by Gasteiger charge is 2.27. The molecule has 39 heavy (non-hydrogen) atoms. The topological polar surface area (TPSA) is 57.2 Å². The Labute approximate surface area is 238 Å². The minimum Gasteiger partial charge on any atom is -0.744 e. The van der Waals surface area contributed by atoms with Gasteiger partial charge in [0, 0.05) is 0 Å². The maximum atomic E-state index is 10.4. The predicted octanol–water partition coefficient (Wildman–Crippen LogP) is 8.97. The van der Waals surface area contributed by atoms with Crippen molar-refractivity contribution in [1.82, 2.24) is 0 Å². The van der Waals surface area contributed by atoms with Gasteiger partial charge in [-0.25, -0.2) is 8.42 Å². The van der Waals surface area contributed by atoms with Crippen LogP contribution in [-0.2, 0) is 27.4 Å². The molecule has 0 radical (unpaired) electrons. The SMILES string of the molecule is CCCCCCCCCc1ccc([S+](c2ccccc2)c2ccccc2)cc1.Cc1ccc(S(=O)(=O)[O-])cc1. The summed E-state index contributed by atoms with van der Waals surface area (Å²) in [4.78, 5) is 3.99. The second-order valence-corrected chi connectivity index (χ2v) is 13.1. The standard InChI is InChI=1S/C27H33S.C7H8O3S/c1-2-3-4-5-6-7-10-15-24-20-22-27(23-21-24)28(25-16-11-8-12-17-25)26-18-13-9-14-19-26;1-6-2-4-7(5-3-6)11(8,9)10/h8-9,11-14,16-23H,2-7,10,15H2,1H3;2-5H,1H3,(H,8,9,10)/q+1;/p-1. The van der Waals surface area contributed by atoms with Crippen LogP contribution in [0, 0.1) is 6.92 Å². The maximum Gasteiger partial charge on any atom is 0.166 e. The number of hydrogen-bond donors (Lipinski definition) is 0. The first-order valence-corrected chi connectivity index (χ1v) is 16.5. The van der Waals surface area contributed by atoms with E-state index in [0.717, 1.165) is 5.56 Å². The molecule has 206 valence electrons. The molecule has 3 nitrogen and oxygen atoms in total. The van der Waals surface area contributed by atoms with Crippen LogP contribution in [0.4, 0.5) is 0 Å². The monoisotopic (exact) mass is 560 g/mol. The van der Waals surface area contributed by atoms with Crippen molar-refractivity contribution in [3.8, 4) is 0 Å². The number of unbranched alkanes of at least 4 members (excludes halogenated alkanes) is 6. The fourth-order valence-electron chi connectivity index (χ4n) is 4.30. The Hall–Kier alpha value is -2.86. The van der Waals surface area contributed by atoms with Crippen LogP contribution < -0.4 is 0 Å². The molecule has 4 aromatic rings. The van der Waals surface area contributed by atoms with Crippen molar-refractivity contribution in [1.29, 1.82) is 0 Å². The lowest BCUT2D eigenvalue weighted by atomic mass is 10.0. The van der Waals surface area contributed by atoms with Gasteiger partial charge in [-0.15, -0.1) is 0 Å². The first-order chi connectivity index (χ1) is 18.9. The molecule has 0 N–H and O–H groups in total. The first-order valence-electron chi connectivity index (χ1n) is 13.8. The fraction of sp³-hybridized carbons (Fsp3) is 0.294. The van der Waals surface area contributed by atoms with E-state index in [-0.39, 0.29) is 15.8 Å². The van der Waals surface area contributed by atoms with Crippen molar-refractivity contribution < 1.29 is 13.0 Å². The van der Waals surface area contributed by atoms with Gasteiger partial charge in [0.05, 0.1) is 15.8 Å². The molecule has 0 aliphatic heterocycles. The third kappa shape index (κ3) is 10.7. The molecular weight excluding hydrogens is 521 g/mol. The molecule has 0 aliphatic carbocycles. The Morgan fingerprint density at radius 3 is 1.54 bits per heavy atom. The Kier molecular flexibility index (Phi) is 12.8. The first kappa shape index (κ1) is 30.7. The van der Waals surface area contributed by atoms with E-state index < -0.39 is 10.1 Å². The molecule has 4 rings (SSSR count). The second kappa shape index (κ2) is 16.3. The molecule has 0 spiro atoms. The minimum absolute atomic E-state index is 0.0351. The van der Waals surface area contributed by atoms with Gasteiger partial charge in [-0.05, 0) is 73.9 Å². The number of benzene rings is 4. The summed E-state index contributed by atoms with van der Waals surface area (Å²) in [7, 11) is -4.30. The van der Waals surface area contributed by atoms with Gasteiger partial charge in [-0.2, -0.15) is 0 Å². The molecule has 0 atom stereocenters. The van der Waals surface area contributed by atoms with E-state index in [1.165, 1.54) is 83.7 Å². The van der Waals surface area contributed by atoms with Gasteiger partial charge in [0.15, 0.2) is 14.7 Å². The Morgan fingerprint density at radius 2 is 1.05 bits per heavy atom. The van der Waals surface area contributed by atoms with Crippen LogP contribution in [0.3, 0.4) is 0 Å². The molecule has 0 heterocycles. The zero-order chi connectivity index (χ0) is 27.9. The van der Waals surface area contributed by atoms with E-state index in [0.29, 0.717) is 0 Å². The fourth-order valence-corrected chi connectivity index (χ4v) is 6.86. The maximum absolute atomic E-state index is 10.4. The van der Waals surface area contributed by atoms with Crippen LogP contribution in [0.15, 0.2) is 129 Å². The van der Waals surface area contributed by atoms with E-state index in [2.05, 4.69) is 91.9 Å². The average Bonchev–Trinajstić information content (AvgIpc) is 2.95. The van der Waals surface area contributed by atoms with Crippen molar-refractivity contribution in [3.05, 3.63) is 120 Å². The van der Waals surface area contributed by atoms with E-state index in [9.17, 15) is 13.0 Å². The van der Waals surface area contributed by atoms with Gasteiger partial charge in [0.1, 0.15) is 10.1 Å². The summed E-state index contributed by atoms with van der Waals surface area (Å²) in [6.45, 7) is 4.10. The largest absolute Gasteiger partial charge is 0.744 e. The summed E-state index contributed by atoms with van der Waals surface area (Å²) < 4.78 is 31.2. The molecule has 0 saturated carbocycles. The van der Waals surface area contributed by atoms with Crippen LogP contribution in [0.25, 0.3) is 0 Å². The molecular formula is C34H40O3S2. The van der Waals surface area contributed by atoms with Crippen LogP contribution in [-0.4, -0.2) is 13.0 Å². The van der Waals surface area contributed by atoms with Gasteiger partial charge in [0.2, 0.25) is 0 Å². The Balaban J connectivity index is 0.000000320. The lowest BCUT2D eigenvalue weighted by molar-refractivity contribution is 0.463. The van der Waals surface area contributed by atoms with E-state index >= 15 is 0 Å². The summed E-state index contributed by atoms with van der Waals surface area (Å²) in [5, 5.41) is 0. The lowest BCUT2D eigenvalue weighted by Gasteiger charge is -2.09. The third-order valence-electron chi connectivity index (χ3n) is 6.50. The van der Waals surface area contributed by atoms with Crippen LogP contribution in [0.5, 0.6) is 0 Å². The molecule has 0 aromatic heterocycles. The smallest absolute Gasteiger partial charge is 0.166 e. The van der Waals surface area contributed by atoms with Gasteiger partial charge in [-0.3, -0.25) is 0 Å². The minimum atomic E-state index is -4.27.